The molecule has 6 rings (SSSR count). The number of ether oxygens (including phenoxy) is 2. The molecule has 3 aromatic carbocycles. The van der Waals surface area contributed by atoms with Gasteiger partial charge in [0.2, 0.25) is 11.8 Å². The van der Waals surface area contributed by atoms with Gasteiger partial charge in [0, 0.05) is 0 Å². The minimum Gasteiger partial charge on any atom is -0.492 e. The summed E-state index contributed by atoms with van der Waals surface area (Å²) in [5, 5.41) is 2.68. The third-order valence-corrected chi connectivity index (χ3v) is 8.40. The number of carbonyl (C=O) groups is 4. The quantitative estimate of drug-likeness (QED) is 0.326. The molecule has 3 amide bonds. The number of benzene rings is 3. The summed E-state index contributed by atoms with van der Waals surface area (Å²) in [5.74, 6) is -0.843. The molecule has 0 unspecified atom stereocenters. The number of fused-ring (bicyclic) bond motifs is 5. The molecule has 0 aromatic heterocycles. The second kappa shape index (κ2) is 10.6. The lowest BCUT2D eigenvalue weighted by Gasteiger charge is -2.28. The molecule has 3 aliphatic rings. The molecule has 204 valence electrons. The number of para-hydroxylation sites is 2. The van der Waals surface area contributed by atoms with E-state index in [1.165, 1.54) is 22.6 Å². The highest BCUT2D eigenvalue weighted by Crippen LogP contribution is 2.61. The first-order valence-corrected chi connectivity index (χ1v) is 13.7. The zero-order chi connectivity index (χ0) is 27.8. The Kier molecular flexibility index (Phi) is 6.84. The summed E-state index contributed by atoms with van der Waals surface area (Å²) in [5.41, 5.74) is 2.39. The summed E-state index contributed by atoms with van der Waals surface area (Å²) in [4.78, 5) is 53.2. The number of imide groups is 1. The molecule has 2 saturated carbocycles. The molecule has 40 heavy (non-hydrogen) atoms. The minimum absolute atomic E-state index is 0.145. The van der Waals surface area contributed by atoms with Crippen molar-refractivity contribution in [2.75, 3.05) is 23.4 Å². The Morgan fingerprint density at radius 3 is 2.33 bits per heavy atom. The minimum atomic E-state index is -0.681. The molecule has 5 atom stereocenters. The van der Waals surface area contributed by atoms with E-state index in [0.717, 1.165) is 12.8 Å². The lowest BCUT2D eigenvalue weighted by atomic mass is 9.73. The van der Waals surface area contributed by atoms with Crippen LogP contribution in [0.5, 0.6) is 5.75 Å². The van der Waals surface area contributed by atoms with E-state index in [1.807, 2.05) is 25.1 Å². The lowest BCUT2D eigenvalue weighted by Crippen LogP contribution is -2.33. The van der Waals surface area contributed by atoms with E-state index in [0.29, 0.717) is 29.6 Å². The Morgan fingerprint density at radius 1 is 0.875 bits per heavy atom. The summed E-state index contributed by atoms with van der Waals surface area (Å²) < 4.78 is 10.7. The van der Waals surface area contributed by atoms with Crippen LogP contribution in [0.3, 0.4) is 0 Å². The fourth-order valence-corrected chi connectivity index (χ4v) is 6.80. The molecule has 1 saturated heterocycles. The summed E-state index contributed by atoms with van der Waals surface area (Å²) in [7, 11) is 0. The van der Waals surface area contributed by atoms with Gasteiger partial charge in [-0.05, 0) is 79.5 Å². The van der Waals surface area contributed by atoms with Crippen molar-refractivity contribution >= 4 is 35.1 Å². The Hall–Kier alpha value is -4.46. The normalized spacial score (nSPS) is 24.6. The molecule has 2 bridgehead atoms. The number of carbonyl (C=O) groups excluding carboxylic acids is 4. The number of hydrogen-bond acceptors (Lipinski definition) is 6. The Morgan fingerprint density at radius 2 is 1.57 bits per heavy atom. The topological polar surface area (TPSA) is 102 Å². The average Bonchev–Trinajstić information content (AvgIpc) is 3.64. The second-order valence-corrected chi connectivity index (χ2v) is 10.6. The molecule has 1 heterocycles. The van der Waals surface area contributed by atoms with Crippen molar-refractivity contribution in [1.82, 2.24) is 0 Å². The third kappa shape index (κ3) is 4.53. The first-order chi connectivity index (χ1) is 19.5. The molecule has 0 radical (unpaired) electrons. The molecule has 2 aliphatic carbocycles. The number of hydrogen-bond donors (Lipinski definition) is 1. The number of rotatable bonds is 8. The fourth-order valence-electron chi connectivity index (χ4n) is 6.80. The van der Waals surface area contributed by atoms with Gasteiger partial charge in [-0.1, -0.05) is 42.5 Å². The van der Waals surface area contributed by atoms with Gasteiger partial charge in [-0.3, -0.25) is 19.3 Å². The summed E-state index contributed by atoms with van der Waals surface area (Å²) in [6.45, 7) is 1.82. The average molecular weight is 539 g/mol. The van der Waals surface area contributed by atoms with Gasteiger partial charge in [0.15, 0.2) is 6.61 Å². The van der Waals surface area contributed by atoms with Crippen molar-refractivity contribution in [3.63, 3.8) is 0 Å². The van der Waals surface area contributed by atoms with Crippen LogP contribution in [0.4, 0.5) is 11.4 Å². The highest BCUT2D eigenvalue weighted by molar-refractivity contribution is 6.22. The number of anilines is 2. The van der Waals surface area contributed by atoms with Crippen LogP contribution < -0.4 is 15.0 Å². The van der Waals surface area contributed by atoms with E-state index in [1.54, 1.807) is 36.4 Å². The van der Waals surface area contributed by atoms with E-state index in [4.69, 9.17) is 9.47 Å². The van der Waals surface area contributed by atoms with Gasteiger partial charge in [0.25, 0.3) is 5.91 Å². The molecular weight excluding hydrogens is 508 g/mol. The second-order valence-electron chi connectivity index (χ2n) is 10.6. The highest BCUT2D eigenvalue weighted by Gasteiger charge is 2.64. The predicted octanol–water partition coefficient (Wildman–Crippen LogP) is 4.81. The number of amides is 3. The lowest BCUT2D eigenvalue weighted by molar-refractivity contribution is -0.123. The Bertz CT molecular complexity index is 1450. The molecule has 3 aromatic rings. The number of esters is 1. The summed E-state index contributed by atoms with van der Waals surface area (Å²) >= 11 is 0. The standard InChI is InChI=1S/C32H30N2O6/c1-2-39-26-11-7-6-10-25(26)33-27(35)18-40-32(38)20-12-14-22(15-13-20)34-30(36)28-21-16-23(19-8-4-3-5-9-19)24(17-21)29(28)31(34)37/h3-15,21,23-24,28-29H,2,16-18H2,1H3,(H,33,35)/t21-,23-,24+,28+,29-/m0/s1. The van der Waals surface area contributed by atoms with Crippen molar-refractivity contribution in [2.45, 2.75) is 25.7 Å². The first-order valence-electron chi connectivity index (χ1n) is 13.7. The van der Waals surface area contributed by atoms with Gasteiger partial charge in [-0.15, -0.1) is 0 Å². The summed E-state index contributed by atoms with van der Waals surface area (Å²) in [6.07, 6.45) is 1.84. The largest absolute Gasteiger partial charge is 0.492 e. The third-order valence-electron chi connectivity index (χ3n) is 8.40. The maximum Gasteiger partial charge on any atom is 0.338 e. The SMILES string of the molecule is CCOc1ccccc1NC(=O)COC(=O)c1ccc(N2C(=O)[C@@H]3[C@@H]4C[C@@H]([C@@H]3C2=O)[C@H](c2ccccc2)C4)cc1. The highest BCUT2D eigenvalue weighted by atomic mass is 16.5. The van der Waals surface area contributed by atoms with Gasteiger partial charge < -0.3 is 14.8 Å². The molecular formula is C32H30N2O6. The first kappa shape index (κ1) is 25.8. The zero-order valence-corrected chi connectivity index (χ0v) is 22.1. The monoisotopic (exact) mass is 538 g/mol. The maximum atomic E-state index is 13.5. The zero-order valence-electron chi connectivity index (χ0n) is 22.1. The van der Waals surface area contributed by atoms with Crippen LogP contribution in [0.25, 0.3) is 0 Å². The van der Waals surface area contributed by atoms with Gasteiger partial charge in [0.1, 0.15) is 5.75 Å². The van der Waals surface area contributed by atoms with Crippen LogP contribution in [0.1, 0.15) is 41.6 Å². The van der Waals surface area contributed by atoms with Crippen LogP contribution in [-0.2, 0) is 19.1 Å². The Labute approximate surface area is 232 Å². The van der Waals surface area contributed by atoms with Crippen molar-refractivity contribution in [1.29, 1.82) is 0 Å². The van der Waals surface area contributed by atoms with Gasteiger partial charge in [-0.25, -0.2) is 4.79 Å². The molecule has 8 heteroatoms. The van der Waals surface area contributed by atoms with Crippen molar-refractivity contribution in [3.8, 4) is 5.75 Å². The van der Waals surface area contributed by atoms with Crippen LogP contribution in [-0.4, -0.2) is 36.9 Å². The molecule has 3 fully saturated rings. The number of nitrogens with zero attached hydrogens (tertiary/aromatic N) is 1. The van der Waals surface area contributed by atoms with Crippen molar-refractivity contribution in [3.05, 3.63) is 90.0 Å². The summed E-state index contributed by atoms with van der Waals surface area (Å²) in [6, 6.07) is 23.4. The van der Waals surface area contributed by atoms with E-state index < -0.39 is 18.5 Å². The van der Waals surface area contributed by atoms with E-state index in [-0.39, 0.29) is 41.0 Å². The molecule has 0 spiro atoms. The smallest absolute Gasteiger partial charge is 0.338 e. The van der Waals surface area contributed by atoms with Crippen LogP contribution in [0.2, 0.25) is 0 Å². The van der Waals surface area contributed by atoms with E-state index in [2.05, 4.69) is 17.4 Å². The molecule has 8 nitrogen and oxygen atoms in total. The van der Waals surface area contributed by atoms with Gasteiger partial charge in [-0.2, -0.15) is 0 Å². The van der Waals surface area contributed by atoms with E-state index in [9.17, 15) is 19.2 Å². The van der Waals surface area contributed by atoms with Crippen molar-refractivity contribution in [2.24, 2.45) is 23.7 Å². The molecule has 1 N–H and O–H groups in total. The van der Waals surface area contributed by atoms with Gasteiger partial charge >= 0.3 is 5.97 Å². The van der Waals surface area contributed by atoms with Crippen LogP contribution in [0, 0.1) is 23.7 Å². The Balaban J connectivity index is 1.09. The predicted molar refractivity (Wildman–Crippen MR) is 148 cm³/mol. The van der Waals surface area contributed by atoms with E-state index >= 15 is 0 Å². The molecule has 1 aliphatic heterocycles. The van der Waals surface area contributed by atoms with Crippen molar-refractivity contribution < 1.29 is 28.7 Å². The van der Waals surface area contributed by atoms with Crippen LogP contribution >= 0.6 is 0 Å². The van der Waals surface area contributed by atoms with Gasteiger partial charge in [0.05, 0.1) is 35.4 Å². The number of nitrogens with one attached hydrogen (secondary N) is 1. The fraction of sp³-hybridized carbons (Fsp3) is 0.312. The van der Waals surface area contributed by atoms with Crippen LogP contribution in [0.15, 0.2) is 78.9 Å². The maximum absolute atomic E-state index is 13.5.